The van der Waals surface area contributed by atoms with E-state index in [0.717, 1.165) is 5.56 Å². The van der Waals surface area contributed by atoms with Crippen LogP contribution in [0.25, 0.3) is 6.08 Å². The van der Waals surface area contributed by atoms with E-state index in [-0.39, 0.29) is 11.6 Å². The van der Waals surface area contributed by atoms with Gasteiger partial charge in [-0.15, -0.1) is 0 Å². The number of rotatable bonds is 5. The van der Waals surface area contributed by atoms with Gasteiger partial charge in [-0.1, -0.05) is 30.3 Å². The summed E-state index contributed by atoms with van der Waals surface area (Å²) in [6.45, 7) is 3.75. The molecule has 1 heterocycles. The standard InChI is InChI=1S/C22H20N2O3/c1-15-7-6-10-18(13-15)23-22(26)20(14-19-12-11-16(2)27-19)24-21(25)17-8-4-3-5-9-17/h3-14H,1-2H3,(H,23,26)(H,24,25). The maximum atomic E-state index is 12.8. The fourth-order valence-corrected chi connectivity index (χ4v) is 2.54. The number of aryl methyl sites for hydroxylation is 2. The molecule has 27 heavy (non-hydrogen) atoms. The minimum Gasteiger partial charge on any atom is -0.462 e. The van der Waals surface area contributed by atoms with E-state index < -0.39 is 5.91 Å². The van der Waals surface area contributed by atoms with Crippen molar-refractivity contribution in [3.05, 3.63) is 95.1 Å². The minimum atomic E-state index is -0.432. The van der Waals surface area contributed by atoms with Crippen molar-refractivity contribution in [1.29, 1.82) is 0 Å². The van der Waals surface area contributed by atoms with Crippen molar-refractivity contribution in [2.45, 2.75) is 13.8 Å². The van der Waals surface area contributed by atoms with Crippen LogP contribution in [0.1, 0.15) is 27.4 Å². The van der Waals surface area contributed by atoms with Gasteiger partial charge in [-0.05, 0) is 55.8 Å². The molecule has 0 bridgehead atoms. The molecule has 2 amide bonds. The van der Waals surface area contributed by atoms with Crippen molar-refractivity contribution in [2.24, 2.45) is 0 Å². The highest BCUT2D eigenvalue weighted by molar-refractivity contribution is 6.10. The van der Waals surface area contributed by atoms with Crippen LogP contribution in [-0.2, 0) is 4.79 Å². The third-order valence-electron chi connectivity index (χ3n) is 3.85. The number of amides is 2. The molecule has 136 valence electrons. The molecule has 0 aliphatic rings. The summed E-state index contributed by atoms with van der Waals surface area (Å²) in [6, 6.07) is 19.7. The largest absolute Gasteiger partial charge is 0.462 e. The lowest BCUT2D eigenvalue weighted by atomic mass is 10.2. The number of carbonyl (C=O) groups is 2. The molecule has 0 fully saturated rings. The first-order chi connectivity index (χ1) is 13.0. The second kappa shape index (κ2) is 8.19. The molecule has 1 aromatic heterocycles. The SMILES string of the molecule is Cc1cccc(NC(=O)C(=Cc2ccc(C)o2)NC(=O)c2ccccc2)c1. The molecule has 5 heteroatoms. The van der Waals surface area contributed by atoms with E-state index in [2.05, 4.69) is 10.6 Å². The topological polar surface area (TPSA) is 71.3 Å². The minimum absolute atomic E-state index is 0.0970. The Labute approximate surface area is 157 Å². The summed E-state index contributed by atoms with van der Waals surface area (Å²) >= 11 is 0. The lowest BCUT2D eigenvalue weighted by Gasteiger charge is -2.11. The average molecular weight is 360 g/mol. The normalized spacial score (nSPS) is 11.1. The van der Waals surface area contributed by atoms with E-state index in [1.807, 2.05) is 38.1 Å². The molecule has 0 atom stereocenters. The Bertz CT molecular complexity index is 988. The number of carbonyl (C=O) groups excluding carboxylic acids is 2. The molecule has 0 radical (unpaired) electrons. The Balaban J connectivity index is 1.86. The number of hydrogen-bond acceptors (Lipinski definition) is 3. The highest BCUT2D eigenvalue weighted by Gasteiger charge is 2.15. The lowest BCUT2D eigenvalue weighted by molar-refractivity contribution is -0.113. The predicted octanol–water partition coefficient (Wildman–Crippen LogP) is 4.31. The van der Waals surface area contributed by atoms with Crippen molar-refractivity contribution in [1.82, 2.24) is 5.32 Å². The third kappa shape index (κ3) is 4.95. The van der Waals surface area contributed by atoms with Gasteiger partial charge in [0.15, 0.2) is 0 Å². The summed E-state index contributed by atoms with van der Waals surface area (Å²) in [5.74, 6) is 0.396. The zero-order valence-corrected chi connectivity index (χ0v) is 15.2. The molecule has 0 saturated carbocycles. The van der Waals surface area contributed by atoms with Gasteiger partial charge < -0.3 is 15.1 Å². The van der Waals surface area contributed by atoms with Crippen LogP contribution in [0.3, 0.4) is 0 Å². The van der Waals surface area contributed by atoms with Gasteiger partial charge in [0.05, 0.1) is 0 Å². The second-order valence-electron chi connectivity index (χ2n) is 6.15. The van der Waals surface area contributed by atoms with Gasteiger partial charge in [-0.25, -0.2) is 0 Å². The summed E-state index contributed by atoms with van der Waals surface area (Å²) in [5, 5.41) is 5.48. The number of benzene rings is 2. The van der Waals surface area contributed by atoms with E-state index in [1.54, 1.807) is 42.5 Å². The first-order valence-corrected chi connectivity index (χ1v) is 8.54. The molecule has 0 spiro atoms. The number of anilines is 1. The molecule has 0 saturated heterocycles. The molecule has 0 unspecified atom stereocenters. The number of furan rings is 1. The lowest BCUT2D eigenvalue weighted by Crippen LogP contribution is -2.30. The van der Waals surface area contributed by atoms with Crippen LogP contribution < -0.4 is 10.6 Å². The Morgan fingerprint density at radius 1 is 0.926 bits per heavy atom. The van der Waals surface area contributed by atoms with Crippen LogP contribution in [0.5, 0.6) is 0 Å². The highest BCUT2D eigenvalue weighted by Crippen LogP contribution is 2.14. The van der Waals surface area contributed by atoms with Crippen molar-refractivity contribution in [3.63, 3.8) is 0 Å². The van der Waals surface area contributed by atoms with Crippen LogP contribution >= 0.6 is 0 Å². The summed E-state index contributed by atoms with van der Waals surface area (Å²) < 4.78 is 5.51. The molecule has 0 aliphatic carbocycles. The third-order valence-corrected chi connectivity index (χ3v) is 3.85. The van der Waals surface area contributed by atoms with Gasteiger partial charge >= 0.3 is 0 Å². The monoisotopic (exact) mass is 360 g/mol. The van der Waals surface area contributed by atoms with Gasteiger partial charge in [-0.3, -0.25) is 9.59 Å². The van der Waals surface area contributed by atoms with E-state index >= 15 is 0 Å². The van der Waals surface area contributed by atoms with Crippen LogP contribution in [0.15, 0.2) is 76.8 Å². The first kappa shape index (κ1) is 18.2. The Hall–Kier alpha value is -3.60. The fraction of sp³-hybridized carbons (Fsp3) is 0.0909. The molecule has 2 aromatic carbocycles. The zero-order chi connectivity index (χ0) is 19.2. The maximum Gasteiger partial charge on any atom is 0.272 e. The van der Waals surface area contributed by atoms with Crippen LogP contribution in [0.4, 0.5) is 5.69 Å². The predicted molar refractivity (Wildman–Crippen MR) is 105 cm³/mol. The summed E-state index contributed by atoms with van der Waals surface area (Å²) in [7, 11) is 0. The molecule has 3 aromatic rings. The Morgan fingerprint density at radius 3 is 2.37 bits per heavy atom. The zero-order valence-electron chi connectivity index (χ0n) is 15.2. The molecule has 3 rings (SSSR count). The van der Waals surface area contributed by atoms with Crippen LogP contribution in [0.2, 0.25) is 0 Å². The molecular formula is C22H20N2O3. The summed E-state index contributed by atoms with van der Waals surface area (Å²) in [4.78, 5) is 25.3. The van der Waals surface area contributed by atoms with Crippen molar-refractivity contribution in [2.75, 3.05) is 5.32 Å². The van der Waals surface area contributed by atoms with E-state index in [4.69, 9.17) is 4.42 Å². The fourth-order valence-electron chi connectivity index (χ4n) is 2.54. The van der Waals surface area contributed by atoms with E-state index in [1.165, 1.54) is 6.08 Å². The smallest absolute Gasteiger partial charge is 0.272 e. The molecule has 5 nitrogen and oxygen atoms in total. The quantitative estimate of drug-likeness (QED) is 0.666. The van der Waals surface area contributed by atoms with Gasteiger partial charge in [0.25, 0.3) is 11.8 Å². The molecule has 0 aliphatic heterocycles. The summed E-state index contributed by atoms with van der Waals surface area (Å²) in [6.07, 6.45) is 1.51. The highest BCUT2D eigenvalue weighted by atomic mass is 16.3. The number of hydrogen-bond donors (Lipinski definition) is 2. The Morgan fingerprint density at radius 2 is 1.70 bits per heavy atom. The van der Waals surface area contributed by atoms with Gasteiger partial charge in [0, 0.05) is 17.3 Å². The van der Waals surface area contributed by atoms with Crippen molar-refractivity contribution < 1.29 is 14.0 Å². The van der Waals surface area contributed by atoms with Crippen LogP contribution in [0, 0.1) is 13.8 Å². The summed E-state index contributed by atoms with van der Waals surface area (Å²) in [5.41, 5.74) is 2.23. The molecule has 2 N–H and O–H groups in total. The van der Waals surface area contributed by atoms with Gasteiger partial charge in [-0.2, -0.15) is 0 Å². The number of nitrogens with one attached hydrogen (secondary N) is 2. The first-order valence-electron chi connectivity index (χ1n) is 8.54. The van der Waals surface area contributed by atoms with Crippen molar-refractivity contribution >= 4 is 23.6 Å². The second-order valence-corrected chi connectivity index (χ2v) is 6.15. The van der Waals surface area contributed by atoms with Gasteiger partial charge in [0.2, 0.25) is 0 Å². The van der Waals surface area contributed by atoms with E-state index in [9.17, 15) is 9.59 Å². The van der Waals surface area contributed by atoms with E-state index in [0.29, 0.717) is 22.8 Å². The average Bonchev–Trinajstić information content (AvgIpc) is 3.06. The van der Waals surface area contributed by atoms with Gasteiger partial charge in [0.1, 0.15) is 17.2 Å². The maximum absolute atomic E-state index is 12.8. The van der Waals surface area contributed by atoms with Crippen LogP contribution in [-0.4, -0.2) is 11.8 Å². The van der Waals surface area contributed by atoms with Crippen molar-refractivity contribution in [3.8, 4) is 0 Å². The Kier molecular flexibility index (Phi) is 5.52. The molecular weight excluding hydrogens is 340 g/mol.